The number of aryl methyl sites for hydroxylation is 1. The van der Waals surface area contributed by atoms with E-state index in [0.717, 1.165) is 16.5 Å². The van der Waals surface area contributed by atoms with E-state index in [1.165, 1.54) is 13.2 Å². The molecule has 126 valence electrons. The van der Waals surface area contributed by atoms with Crippen LogP contribution in [0.2, 0.25) is 0 Å². The summed E-state index contributed by atoms with van der Waals surface area (Å²) in [7, 11) is 1.32. The number of benzene rings is 2. The number of nitrogens with one attached hydrogen (secondary N) is 1. The van der Waals surface area contributed by atoms with Crippen molar-refractivity contribution in [2.24, 2.45) is 0 Å². The van der Waals surface area contributed by atoms with Crippen molar-refractivity contribution in [3.05, 3.63) is 71.5 Å². The van der Waals surface area contributed by atoms with E-state index in [4.69, 9.17) is 4.42 Å². The number of rotatable bonds is 4. The molecule has 3 aromatic rings. The molecule has 1 heterocycles. The van der Waals surface area contributed by atoms with Gasteiger partial charge in [-0.3, -0.25) is 4.79 Å². The van der Waals surface area contributed by atoms with Crippen molar-refractivity contribution in [3.63, 3.8) is 0 Å². The van der Waals surface area contributed by atoms with Crippen LogP contribution in [0.25, 0.3) is 17.0 Å². The number of ether oxygens (including phenoxy) is 1. The largest absolute Gasteiger partial charge is 0.465 e. The molecule has 0 fully saturated rings. The Kier molecular flexibility index (Phi) is 4.66. The van der Waals surface area contributed by atoms with E-state index in [0.29, 0.717) is 17.0 Å². The summed E-state index contributed by atoms with van der Waals surface area (Å²) in [5.74, 6) is -0.0999. The van der Waals surface area contributed by atoms with E-state index < -0.39 is 5.97 Å². The molecule has 3 rings (SSSR count). The number of carbonyl (C=O) groups is 2. The summed E-state index contributed by atoms with van der Waals surface area (Å²) in [6, 6.07) is 14.3. The first-order chi connectivity index (χ1) is 12.0. The Balaban J connectivity index is 1.66. The number of esters is 1. The quantitative estimate of drug-likeness (QED) is 0.574. The molecule has 0 saturated heterocycles. The molecule has 25 heavy (non-hydrogen) atoms. The van der Waals surface area contributed by atoms with Gasteiger partial charge in [-0.2, -0.15) is 0 Å². The number of carbonyl (C=O) groups excluding carboxylic acids is 2. The first kappa shape index (κ1) is 16.5. The van der Waals surface area contributed by atoms with Crippen molar-refractivity contribution in [1.29, 1.82) is 0 Å². The molecule has 0 saturated carbocycles. The van der Waals surface area contributed by atoms with Gasteiger partial charge < -0.3 is 14.5 Å². The smallest absolute Gasteiger partial charge is 0.337 e. The molecule has 0 unspecified atom stereocenters. The van der Waals surface area contributed by atoms with Crippen LogP contribution in [-0.4, -0.2) is 19.0 Å². The predicted molar refractivity (Wildman–Crippen MR) is 96.4 cm³/mol. The molecule has 5 heteroatoms. The lowest BCUT2D eigenvalue weighted by Crippen LogP contribution is -2.08. The lowest BCUT2D eigenvalue weighted by atomic mass is 10.2. The molecule has 1 aromatic heterocycles. The third-order valence-electron chi connectivity index (χ3n) is 3.67. The summed E-state index contributed by atoms with van der Waals surface area (Å²) >= 11 is 0. The van der Waals surface area contributed by atoms with Crippen LogP contribution in [0.4, 0.5) is 5.69 Å². The topological polar surface area (TPSA) is 68.5 Å². The van der Waals surface area contributed by atoms with Gasteiger partial charge >= 0.3 is 5.97 Å². The number of fused-ring (bicyclic) bond motifs is 1. The molecule has 0 atom stereocenters. The molecule has 0 aliphatic heterocycles. The van der Waals surface area contributed by atoms with Gasteiger partial charge in [0.05, 0.1) is 12.7 Å². The Morgan fingerprint density at radius 2 is 1.84 bits per heavy atom. The van der Waals surface area contributed by atoms with Crippen LogP contribution in [-0.2, 0) is 9.53 Å². The second kappa shape index (κ2) is 7.05. The first-order valence-corrected chi connectivity index (χ1v) is 7.73. The minimum Gasteiger partial charge on any atom is -0.465 e. The van der Waals surface area contributed by atoms with Crippen molar-refractivity contribution < 1.29 is 18.7 Å². The molecule has 1 amide bonds. The lowest BCUT2D eigenvalue weighted by molar-refractivity contribution is -0.111. The maximum Gasteiger partial charge on any atom is 0.337 e. The highest BCUT2D eigenvalue weighted by Crippen LogP contribution is 2.21. The van der Waals surface area contributed by atoms with E-state index in [-0.39, 0.29) is 5.91 Å². The summed E-state index contributed by atoms with van der Waals surface area (Å²) < 4.78 is 10.3. The number of amides is 1. The SMILES string of the molecule is COC(=O)c1ccc(NC(=O)C=Cc2cc3ccc(C)cc3o2)cc1. The highest BCUT2D eigenvalue weighted by Gasteiger charge is 2.06. The monoisotopic (exact) mass is 335 g/mol. The number of anilines is 1. The minimum absolute atomic E-state index is 0.289. The van der Waals surface area contributed by atoms with Crippen LogP contribution in [0, 0.1) is 6.92 Å². The molecule has 0 radical (unpaired) electrons. The van der Waals surface area contributed by atoms with E-state index >= 15 is 0 Å². The van der Waals surface area contributed by atoms with Crippen LogP contribution in [0.1, 0.15) is 21.7 Å². The molecule has 0 bridgehead atoms. The van der Waals surface area contributed by atoms with Gasteiger partial charge in [-0.15, -0.1) is 0 Å². The second-order valence-corrected chi connectivity index (χ2v) is 5.58. The zero-order valence-electron chi connectivity index (χ0n) is 13.9. The zero-order chi connectivity index (χ0) is 17.8. The summed E-state index contributed by atoms with van der Waals surface area (Å²) in [6.45, 7) is 2.00. The predicted octanol–water partition coefficient (Wildman–Crippen LogP) is 4.18. The van der Waals surface area contributed by atoms with Crippen molar-refractivity contribution in [2.75, 3.05) is 12.4 Å². The number of furan rings is 1. The van der Waals surface area contributed by atoms with Crippen molar-refractivity contribution >= 4 is 34.6 Å². The van der Waals surface area contributed by atoms with Crippen LogP contribution in [0.15, 0.2) is 59.0 Å². The second-order valence-electron chi connectivity index (χ2n) is 5.58. The van der Waals surface area contributed by atoms with Crippen molar-refractivity contribution in [1.82, 2.24) is 0 Å². The average Bonchev–Trinajstić information content (AvgIpc) is 3.02. The van der Waals surface area contributed by atoms with E-state index in [2.05, 4.69) is 10.1 Å². The van der Waals surface area contributed by atoms with Crippen LogP contribution in [0.5, 0.6) is 0 Å². The van der Waals surface area contributed by atoms with Crippen molar-refractivity contribution in [3.8, 4) is 0 Å². The molecule has 2 aromatic carbocycles. The maximum atomic E-state index is 12.0. The van der Waals surface area contributed by atoms with Gasteiger partial charge in [-0.05, 0) is 55.0 Å². The standard InChI is InChI=1S/C20H17NO4/c1-13-3-4-15-12-17(25-18(15)11-13)9-10-19(22)21-16-7-5-14(6-8-16)20(23)24-2/h3-12H,1-2H3,(H,21,22). The average molecular weight is 335 g/mol. The fourth-order valence-electron chi connectivity index (χ4n) is 2.39. The Morgan fingerprint density at radius 3 is 2.56 bits per heavy atom. The molecule has 0 aliphatic carbocycles. The molecular weight excluding hydrogens is 318 g/mol. The zero-order valence-corrected chi connectivity index (χ0v) is 13.9. The number of methoxy groups -OCH3 is 1. The van der Waals surface area contributed by atoms with E-state index in [1.807, 2.05) is 31.2 Å². The minimum atomic E-state index is -0.419. The van der Waals surface area contributed by atoms with Crippen LogP contribution in [0.3, 0.4) is 0 Å². The summed E-state index contributed by atoms with van der Waals surface area (Å²) in [6.07, 6.45) is 3.02. The van der Waals surface area contributed by atoms with Crippen LogP contribution < -0.4 is 5.32 Å². The van der Waals surface area contributed by atoms with Crippen LogP contribution >= 0.6 is 0 Å². The van der Waals surface area contributed by atoms with Gasteiger partial charge in [0, 0.05) is 17.1 Å². The number of hydrogen-bond donors (Lipinski definition) is 1. The summed E-state index contributed by atoms with van der Waals surface area (Å²) in [5.41, 5.74) is 2.92. The van der Waals surface area contributed by atoms with Gasteiger partial charge in [0.1, 0.15) is 11.3 Å². The Hall–Kier alpha value is -3.34. The fraction of sp³-hybridized carbons (Fsp3) is 0.100. The Bertz CT molecular complexity index is 951. The molecule has 0 spiro atoms. The Morgan fingerprint density at radius 1 is 1.08 bits per heavy atom. The fourth-order valence-corrected chi connectivity index (χ4v) is 2.39. The third-order valence-corrected chi connectivity index (χ3v) is 3.67. The normalized spacial score (nSPS) is 11.0. The first-order valence-electron chi connectivity index (χ1n) is 7.73. The molecule has 5 nitrogen and oxygen atoms in total. The maximum absolute atomic E-state index is 12.0. The highest BCUT2D eigenvalue weighted by atomic mass is 16.5. The van der Waals surface area contributed by atoms with Gasteiger partial charge in [0.2, 0.25) is 5.91 Å². The number of hydrogen-bond acceptors (Lipinski definition) is 4. The van der Waals surface area contributed by atoms with E-state index in [1.54, 1.807) is 30.3 Å². The molecule has 0 aliphatic rings. The molecule has 1 N–H and O–H groups in total. The third kappa shape index (κ3) is 3.95. The lowest BCUT2D eigenvalue weighted by Gasteiger charge is -2.03. The summed E-state index contributed by atoms with van der Waals surface area (Å²) in [5, 5.41) is 3.71. The van der Waals surface area contributed by atoms with Gasteiger partial charge in [-0.1, -0.05) is 12.1 Å². The van der Waals surface area contributed by atoms with Gasteiger partial charge in [0.15, 0.2) is 0 Å². The van der Waals surface area contributed by atoms with Gasteiger partial charge in [0.25, 0.3) is 0 Å². The highest BCUT2D eigenvalue weighted by molar-refractivity contribution is 6.02. The van der Waals surface area contributed by atoms with E-state index in [9.17, 15) is 9.59 Å². The van der Waals surface area contributed by atoms with Crippen molar-refractivity contribution in [2.45, 2.75) is 6.92 Å². The molecular formula is C20H17NO4. The Labute approximate surface area is 144 Å². The summed E-state index contributed by atoms with van der Waals surface area (Å²) in [4.78, 5) is 23.4. The van der Waals surface area contributed by atoms with Gasteiger partial charge in [-0.25, -0.2) is 4.79 Å².